The van der Waals surface area contributed by atoms with E-state index in [0.717, 1.165) is 11.3 Å². The number of aryl methyl sites for hydroxylation is 2. The van der Waals surface area contributed by atoms with Crippen LogP contribution in [-0.4, -0.2) is 32.0 Å². The van der Waals surface area contributed by atoms with Gasteiger partial charge in [0.15, 0.2) is 4.80 Å². The molecule has 3 aromatic rings. The van der Waals surface area contributed by atoms with E-state index in [1.807, 2.05) is 20.2 Å². The molecule has 1 aromatic carbocycles. The fourth-order valence-corrected chi connectivity index (χ4v) is 4.70. The third-order valence-electron chi connectivity index (χ3n) is 5.06. The van der Waals surface area contributed by atoms with Gasteiger partial charge in [-0.1, -0.05) is 23.5 Å². The fraction of sp³-hybridized carbons (Fsp3) is 0.273. The van der Waals surface area contributed by atoms with Crippen LogP contribution in [0.3, 0.4) is 0 Å². The van der Waals surface area contributed by atoms with Gasteiger partial charge in [0.2, 0.25) is 0 Å². The zero-order valence-corrected chi connectivity index (χ0v) is 18.4. The van der Waals surface area contributed by atoms with Crippen molar-refractivity contribution in [2.75, 3.05) is 6.61 Å². The van der Waals surface area contributed by atoms with Crippen molar-refractivity contribution in [3.63, 3.8) is 0 Å². The first-order valence-corrected chi connectivity index (χ1v) is 10.6. The topological polar surface area (TPSA) is 98.7 Å². The molecule has 1 N–H and O–H groups in total. The lowest BCUT2D eigenvalue weighted by atomic mass is 9.96. The minimum Gasteiger partial charge on any atom is -0.508 e. The van der Waals surface area contributed by atoms with E-state index < -0.39 is 12.0 Å². The molecule has 0 unspecified atom stereocenters. The van der Waals surface area contributed by atoms with Gasteiger partial charge in [0.25, 0.3) is 5.56 Å². The molecule has 0 spiro atoms. The Morgan fingerprint density at radius 3 is 2.61 bits per heavy atom. The quantitative estimate of drug-likeness (QED) is 0.623. The van der Waals surface area contributed by atoms with Crippen molar-refractivity contribution in [1.29, 1.82) is 0 Å². The SMILES string of the molecule is CCOC(=O)C1=C(C)N=c2sc(=Cc3cn(C)nc3C)c(=O)n2[C@H]1c1ccc(O)cc1. The minimum absolute atomic E-state index is 0.0987. The molecule has 0 fully saturated rings. The van der Waals surface area contributed by atoms with E-state index in [1.165, 1.54) is 28.0 Å². The largest absolute Gasteiger partial charge is 0.508 e. The first-order chi connectivity index (χ1) is 14.8. The average molecular weight is 439 g/mol. The monoisotopic (exact) mass is 438 g/mol. The van der Waals surface area contributed by atoms with E-state index in [-0.39, 0.29) is 17.9 Å². The van der Waals surface area contributed by atoms with Crippen LogP contribution in [0.4, 0.5) is 0 Å². The van der Waals surface area contributed by atoms with Gasteiger partial charge in [-0.15, -0.1) is 0 Å². The third kappa shape index (κ3) is 3.72. The van der Waals surface area contributed by atoms with Crippen molar-refractivity contribution < 1.29 is 14.6 Å². The summed E-state index contributed by atoms with van der Waals surface area (Å²) in [6.45, 7) is 5.56. The van der Waals surface area contributed by atoms with Crippen molar-refractivity contribution in [3.05, 3.63) is 78.2 Å². The number of phenolic OH excluding ortho intramolecular Hbond substituents is 1. The summed E-state index contributed by atoms with van der Waals surface area (Å²) in [5.74, 6) is -0.416. The number of hydrogen-bond donors (Lipinski definition) is 1. The Labute approximate surface area is 182 Å². The molecule has 0 bridgehead atoms. The second kappa shape index (κ2) is 7.99. The molecule has 160 valence electrons. The number of esters is 1. The molecular weight excluding hydrogens is 416 g/mol. The van der Waals surface area contributed by atoms with E-state index in [9.17, 15) is 14.7 Å². The number of benzene rings is 1. The highest BCUT2D eigenvalue weighted by atomic mass is 32.1. The maximum atomic E-state index is 13.5. The second-order valence-corrected chi connectivity index (χ2v) is 8.25. The van der Waals surface area contributed by atoms with Gasteiger partial charge in [0, 0.05) is 18.8 Å². The van der Waals surface area contributed by atoms with Crippen molar-refractivity contribution in [1.82, 2.24) is 14.3 Å². The van der Waals surface area contributed by atoms with Crippen LogP contribution >= 0.6 is 11.3 Å². The standard InChI is InChI=1S/C22H22N4O4S/c1-5-30-21(29)18-13(3)23-22-26(19(18)14-6-8-16(27)9-7-14)20(28)17(31-22)10-15-11-25(4)24-12(15)2/h6-11,19,27H,5H2,1-4H3/t19-/m0/s1. The van der Waals surface area contributed by atoms with Crippen LogP contribution in [0.2, 0.25) is 0 Å². The number of rotatable bonds is 4. The first kappa shape index (κ1) is 20.8. The Hall–Kier alpha value is -3.46. The van der Waals surface area contributed by atoms with Gasteiger partial charge in [-0.3, -0.25) is 14.0 Å². The third-order valence-corrected chi connectivity index (χ3v) is 6.05. The van der Waals surface area contributed by atoms with Crippen molar-refractivity contribution >= 4 is 23.4 Å². The molecule has 8 nitrogen and oxygen atoms in total. The van der Waals surface area contributed by atoms with Gasteiger partial charge in [-0.25, -0.2) is 9.79 Å². The normalized spacial score (nSPS) is 16.3. The van der Waals surface area contributed by atoms with Gasteiger partial charge in [0.05, 0.1) is 34.1 Å². The van der Waals surface area contributed by atoms with E-state index in [0.29, 0.717) is 26.2 Å². The molecule has 31 heavy (non-hydrogen) atoms. The van der Waals surface area contributed by atoms with Gasteiger partial charge in [-0.05, 0) is 44.5 Å². The van der Waals surface area contributed by atoms with E-state index >= 15 is 0 Å². The number of allylic oxidation sites excluding steroid dienone is 1. The molecule has 2 aromatic heterocycles. The molecule has 1 aliphatic rings. The van der Waals surface area contributed by atoms with Gasteiger partial charge in [-0.2, -0.15) is 5.10 Å². The predicted octanol–water partition coefficient (Wildman–Crippen LogP) is 1.55. The average Bonchev–Trinajstić information content (AvgIpc) is 3.19. The molecule has 9 heteroatoms. The lowest BCUT2D eigenvalue weighted by Gasteiger charge is -2.24. The molecule has 1 aliphatic heterocycles. The molecule has 4 rings (SSSR count). The zero-order valence-electron chi connectivity index (χ0n) is 17.6. The molecule has 0 amide bonds. The molecule has 0 saturated heterocycles. The number of aromatic nitrogens is 3. The number of hydrogen-bond acceptors (Lipinski definition) is 7. The van der Waals surface area contributed by atoms with Gasteiger partial charge < -0.3 is 9.84 Å². The summed E-state index contributed by atoms with van der Waals surface area (Å²) in [5.41, 5.74) is 2.90. The lowest BCUT2D eigenvalue weighted by molar-refractivity contribution is -0.139. The molecular formula is C22H22N4O4S. The minimum atomic E-state index is -0.701. The predicted molar refractivity (Wildman–Crippen MR) is 116 cm³/mol. The summed E-state index contributed by atoms with van der Waals surface area (Å²) in [5, 5.41) is 14.0. The zero-order chi connectivity index (χ0) is 22.3. The Morgan fingerprint density at radius 1 is 1.29 bits per heavy atom. The summed E-state index contributed by atoms with van der Waals surface area (Å²) in [4.78, 5) is 31.3. The Bertz CT molecular complexity index is 1380. The van der Waals surface area contributed by atoms with Crippen LogP contribution in [0.1, 0.15) is 36.7 Å². The van der Waals surface area contributed by atoms with Crippen molar-refractivity contribution in [3.8, 4) is 5.75 Å². The molecule has 0 radical (unpaired) electrons. The lowest BCUT2D eigenvalue weighted by Crippen LogP contribution is -2.39. The second-order valence-electron chi connectivity index (χ2n) is 7.24. The maximum absolute atomic E-state index is 13.5. The van der Waals surface area contributed by atoms with Crippen molar-refractivity contribution in [2.24, 2.45) is 12.0 Å². The van der Waals surface area contributed by atoms with Crippen LogP contribution in [0, 0.1) is 6.92 Å². The fourth-order valence-electron chi connectivity index (χ4n) is 3.66. The summed E-state index contributed by atoms with van der Waals surface area (Å²) in [6, 6.07) is 5.75. The summed E-state index contributed by atoms with van der Waals surface area (Å²) in [6.07, 6.45) is 3.64. The number of aromatic hydroxyl groups is 1. The van der Waals surface area contributed by atoms with Crippen molar-refractivity contribution in [2.45, 2.75) is 26.8 Å². The number of phenols is 1. The maximum Gasteiger partial charge on any atom is 0.338 e. The van der Waals surface area contributed by atoms with E-state index in [4.69, 9.17) is 4.74 Å². The summed E-state index contributed by atoms with van der Waals surface area (Å²) in [7, 11) is 1.83. The smallest absolute Gasteiger partial charge is 0.338 e. The van der Waals surface area contributed by atoms with E-state index in [2.05, 4.69) is 10.1 Å². The highest BCUT2D eigenvalue weighted by Crippen LogP contribution is 2.31. The van der Waals surface area contributed by atoms with Crippen LogP contribution in [0.15, 0.2) is 51.5 Å². The van der Waals surface area contributed by atoms with Crippen LogP contribution in [0.5, 0.6) is 5.75 Å². The molecule has 0 saturated carbocycles. The number of carbonyl (C=O) groups is 1. The number of fused-ring (bicyclic) bond motifs is 1. The summed E-state index contributed by atoms with van der Waals surface area (Å²) < 4.78 is 8.98. The Morgan fingerprint density at radius 2 is 2.00 bits per heavy atom. The number of carbonyl (C=O) groups excluding carboxylic acids is 1. The van der Waals surface area contributed by atoms with Gasteiger partial charge >= 0.3 is 5.97 Å². The Kier molecular flexibility index (Phi) is 5.36. The number of thiazole rings is 1. The van der Waals surface area contributed by atoms with Crippen LogP contribution < -0.4 is 14.9 Å². The highest BCUT2D eigenvalue weighted by Gasteiger charge is 2.33. The molecule has 0 aliphatic carbocycles. The van der Waals surface area contributed by atoms with Crippen LogP contribution in [-0.2, 0) is 16.6 Å². The Balaban J connectivity index is 1.97. The molecule has 1 atom stereocenters. The summed E-state index contributed by atoms with van der Waals surface area (Å²) >= 11 is 1.26. The number of nitrogens with zero attached hydrogens (tertiary/aromatic N) is 4. The van der Waals surface area contributed by atoms with Crippen LogP contribution in [0.25, 0.3) is 6.08 Å². The van der Waals surface area contributed by atoms with E-state index in [1.54, 1.807) is 36.7 Å². The first-order valence-electron chi connectivity index (χ1n) is 9.79. The molecule has 3 heterocycles. The highest BCUT2D eigenvalue weighted by molar-refractivity contribution is 7.07. The number of ether oxygens (including phenoxy) is 1. The van der Waals surface area contributed by atoms with Gasteiger partial charge in [0.1, 0.15) is 5.75 Å².